The second-order valence-corrected chi connectivity index (χ2v) is 6.54. The molecule has 4 heteroatoms. The number of H-pyrrole nitrogens is 1. The van der Waals surface area contributed by atoms with Crippen LogP contribution in [0.15, 0.2) is 30.5 Å². The highest BCUT2D eigenvalue weighted by Gasteiger charge is 2.12. The average molecular weight is 328 g/mol. The molecule has 2 aromatic heterocycles. The van der Waals surface area contributed by atoms with E-state index in [1.807, 2.05) is 19.3 Å². The molecule has 0 spiro atoms. The highest BCUT2D eigenvalue weighted by molar-refractivity contribution is 6.34. The first-order valence-electron chi connectivity index (χ1n) is 8.02. The molecule has 0 amide bonds. The predicted molar refractivity (Wildman–Crippen MR) is 99.6 cm³/mol. The Balaban J connectivity index is 2.13. The number of nitrogens with one attached hydrogen (secondary N) is 2. The minimum atomic E-state index is 0.462. The van der Waals surface area contributed by atoms with Gasteiger partial charge in [-0.05, 0) is 42.2 Å². The van der Waals surface area contributed by atoms with Crippen molar-refractivity contribution >= 4 is 28.2 Å². The van der Waals surface area contributed by atoms with Gasteiger partial charge in [-0.3, -0.25) is 4.98 Å². The zero-order valence-electron chi connectivity index (χ0n) is 14.0. The van der Waals surface area contributed by atoms with E-state index >= 15 is 0 Å². The first kappa shape index (κ1) is 15.9. The molecule has 0 aliphatic carbocycles. The number of hydrogen-bond acceptors (Lipinski definition) is 2. The third-order valence-electron chi connectivity index (χ3n) is 4.27. The number of rotatable bonds is 4. The summed E-state index contributed by atoms with van der Waals surface area (Å²) in [5.74, 6) is 0.462. The van der Waals surface area contributed by atoms with Crippen LogP contribution in [0, 0.1) is 0 Å². The van der Waals surface area contributed by atoms with Crippen LogP contribution in [0.25, 0.3) is 22.2 Å². The summed E-state index contributed by atoms with van der Waals surface area (Å²) in [6, 6.07) is 8.41. The maximum atomic E-state index is 6.53. The van der Waals surface area contributed by atoms with E-state index in [0.717, 1.165) is 39.3 Å². The zero-order valence-corrected chi connectivity index (χ0v) is 14.8. The van der Waals surface area contributed by atoms with Crippen LogP contribution < -0.4 is 5.32 Å². The molecular formula is C19H22ClN3. The van der Waals surface area contributed by atoms with E-state index in [2.05, 4.69) is 54.3 Å². The topological polar surface area (TPSA) is 40.7 Å². The minimum Gasteiger partial charge on any atom is -0.387 e. The van der Waals surface area contributed by atoms with E-state index in [1.54, 1.807) is 0 Å². The Bertz CT molecular complexity index is 849. The van der Waals surface area contributed by atoms with Gasteiger partial charge in [-0.15, -0.1) is 0 Å². The van der Waals surface area contributed by atoms with Crippen LogP contribution >= 0.6 is 11.6 Å². The zero-order chi connectivity index (χ0) is 16.6. The highest BCUT2D eigenvalue weighted by atomic mass is 35.5. The smallest absolute Gasteiger partial charge is 0.0722 e. The second-order valence-electron chi connectivity index (χ2n) is 6.13. The Morgan fingerprint density at radius 3 is 2.65 bits per heavy atom. The van der Waals surface area contributed by atoms with Crippen molar-refractivity contribution in [1.82, 2.24) is 9.97 Å². The van der Waals surface area contributed by atoms with Crippen LogP contribution in [0.3, 0.4) is 0 Å². The SMILES string of the molecule is CCc1cc(-c2cc3[nH]c(C(C)C)cc3cc2Cl)ncc1NC. The molecule has 0 fully saturated rings. The Morgan fingerprint density at radius 2 is 2.00 bits per heavy atom. The maximum Gasteiger partial charge on any atom is 0.0722 e. The monoisotopic (exact) mass is 327 g/mol. The molecular weight excluding hydrogens is 306 g/mol. The van der Waals surface area contributed by atoms with Gasteiger partial charge in [0.2, 0.25) is 0 Å². The number of aromatic amines is 1. The number of fused-ring (bicyclic) bond motifs is 1. The van der Waals surface area contributed by atoms with Crippen LogP contribution in [0.2, 0.25) is 5.02 Å². The first-order chi connectivity index (χ1) is 11.0. The fourth-order valence-electron chi connectivity index (χ4n) is 2.84. The average Bonchev–Trinajstić information content (AvgIpc) is 2.96. The molecule has 0 saturated carbocycles. The maximum absolute atomic E-state index is 6.53. The lowest BCUT2D eigenvalue weighted by Crippen LogP contribution is -1.97. The van der Waals surface area contributed by atoms with Gasteiger partial charge >= 0.3 is 0 Å². The van der Waals surface area contributed by atoms with Gasteiger partial charge in [0.1, 0.15) is 0 Å². The molecule has 3 nitrogen and oxygen atoms in total. The molecule has 2 heterocycles. The lowest BCUT2D eigenvalue weighted by atomic mass is 10.0. The van der Waals surface area contributed by atoms with Crippen LogP contribution in [0.5, 0.6) is 0 Å². The van der Waals surface area contributed by atoms with Crippen LogP contribution in [0.4, 0.5) is 5.69 Å². The van der Waals surface area contributed by atoms with Gasteiger partial charge in [0.15, 0.2) is 0 Å². The minimum absolute atomic E-state index is 0.462. The summed E-state index contributed by atoms with van der Waals surface area (Å²) in [6.07, 6.45) is 2.83. The van der Waals surface area contributed by atoms with Crippen molar-refractivity contribution in [1.29, 1.82) is 0 Å². The van der Waals surface area contributed by atoms with E-state index in [1.165, 1.54) is 11.3 Å². The van der Waals surface area contributed by atoms with Crippen molar-refractivity contribution in [2.24, 2.45) is 0 Å². The predicted octanol–water partition coefficient (Wildman–Crippen LogP) is 5.61. The molecule has 0 aliphatic rings. The second kappa shape index (κ2) is 6.25. The standard InChI is InChI=1S/C19H22ClN3/c1-5-12-7-18(22-10-19(12)21-4)14-9-17-13(6-15(14)20)8-16(23-17)11(2)3/h6-11,21,23H,5H2,1-4H3. The molecule has 0 saturated heterocycles. The van der Waals surface area contributed by atoms with Crippen LogP contribution in [-0.2, 0) is 6.42 Å². The summed E-state index contributed by atoms with van der Waals surface area (Å²) >= 11 is 6.53. The van der Waals surface area contributed by atoms with Gasteiger partial charge in [0.05, 0.1) is 22.6 Å². The largest absolute Gasteiger partial charge is 0.387 e. The summed E-state index contributed by atoms with van der Waals surface area (Å²) in [5.41, 5.74) is 6.51. The quantitative estimate of drug-likeness (QED) is 0.653. The molecule has 2 N–H and O–H groups in total. The Kier molecular flexibility index (Phi) is 4.31. The summed E-state index contributed by atoms with van der Waals surface area (Å²) < 4.78 is 0. The van der Waals surface area contributed by atoms with Crippen molar-refractivity contribution in [2.45, 2.75) is 33.1 Å². The van der Waals surface area contributed by atoms with Crippen molar-refractivity contribution in [2.75, 3.05) is 12.4 Å². The Labute approximate surface area is 142 Å². The van der Waals surface area contributed by atoms with Gasteiger partial charge in [0.25, 0.3) is 0 Å². The van der Waals surface area contributed by atoms with Crippen molar-refractivity contribution in [3.63, 3.8) is 0 Å². The molecule has 3 aromatic rings. The molecule has 0 atom stereocenters. The fraction of sp³-hybridized carbons (Fsp3) is 0.316. The number of pyridine rings is 1. The van der Waals surface area contributed by atoms with E-state index in [-0.39, 0.29) is 0 Å². The van der Waals surface area contributed by atoms with Crippen LogP contribution in [-0.4, -0.2) is 17.0 Å². The molecule has 0 unspecified atom stereocenters. The number of nitrogens with zero attached hydrogens (tertiary/aromatic N) is 1. The van der Waals surface area contributed by atoms with Crippen molar-refractivity contribution < 1.29 is 0 Å². The number of hydrogen-bond donors (Lipinski definition) is 2. The lowest BCUT2D eigenvalue weighted by molar-refractivity contribution is 0.836. The van der Waals surface area contributed by atoms with E-state index < -0.39 is 0 Å². The van der Waals surface area contributed by atoms with Crippen molar-refractivity contribution in [3.05, 3.63) is 46.7 Å². The molecule has 23 heavy (non-hydrogen) atoms. The Hall–Kier alpha value is -2.00. The molecule has 0 bridgehead atoms. The van der Waals surface area contributed by atoms with Gasteiger partial charge in [-0.2, -0.15) is 0 Å². The van der Waals surface area contributed by atoms with E-state index in [9.17, 15) is 0 Å². The van der Waals surface area contributed by atoms with Gasteiger partial charge in [-0.25, -0.2) is 0 Å². The normalized spacial score (nSPS) is 11.4. The Morgan fingerprint density at radius 1 is 1.22 bits per heavy atom. The number of aromatic nitrogens is 2. The summed E-state index contributed by atoms with van der Waals surface area (Å²) in [6.45, 7) is 6.50. The number of halogens is 1. The lowest BCUT2D eigenvalue weighted by Gasteiger charge is -2.10. The molecule has 0 aliphatic heterocycles. The van der Waals surface area contributed by atoms with E-state index in [0.29, 0.717) is 5.92 Å². The summed E-state index contributed by atoms with van der Waals surface area (Å²) in [7, 11) is 1.92. The summed E-state index contributed by atoms with van der Waals surface area (Å²) in [4.78, 5) is 8.06. The molecule has 0 radical (unpaired) electrons. The fourth-order valence-corrected chi connectivity index (χ4v) is 3.11. The van der Waals surface area contributed by atoms with Crippen LogP contribution in [0.1, 0.15) is 37.9 Å². The molecule has 120 valence electrons. The van der Waals surface area contributed by atoms with Crippen molar-refractivity contribution in [3.8, 4) is 11.3 Å². The van der Waals surface area contributed by atoms with E-state index in [4.69, 9.17) is 11.6 Å². The number of aryl methyl sites for hydroxylation is 1. The molecule has 1 aromatic carbocycles. The number of benzene rings is 1. The molecule has 3 rings (SSSR count). The van der Waals surface area contributed by atoms with Gasteiger partial charge in [-0.1, -0.05) is 32.4 Å². The third kappa shape index (κ3) is 2.93. The first-order valence-corrected chi connectivity index (χ1v) is 8.40. The number of anilines is 1. The third-order valence-corrected chi connectivity index (χ3v) is 4.58. The van der Waals surface area contributed by atoms with Gasteiger partial charge in [0, 0.05) is 29.2 Å². The van der Waals surface area contributed by atoms with Gasteiger partial charge < -0.3 is 10.3 Å². The highest BCUT2D eigenvalue weighted by Crippen LogP contribution is 2.33. The summed E-state index contributed by atoms with van der Waals surface area (Å²) in [5, 5.41) is 5.06.